The van der Waals surface area contributed by atoms with Gasteiger partial charge in [-0.2, -0.15) is 13.2 Å². The van der Waals surface area contributed by atoms with Crippen molar-refractivity contribution in [1.82, 2.24) is 5.32 Å². The summed E-state index contributed by atoms with van der Waals surface area (Å²) in [6, 6.07) is 21.9. The summed E-state index contributed by atoms with van der Waals surface area (Å²) in [5, 5.41) is 9.31. The Morgan fingerprint density at radius 3 is 2.31 bits per heavy atom. The molecule has 9 heteroatoms. The van der Waals surface area contributed by atoms with Gasteiger partial charge in [0.2, 0.25) is 0 Å². The predicted octanol–water partition coefficient (Wildman–Crippen LogP) is 7.08. The number of rotatable bonds is 13. The Hall–Kier alpha value is -4.08. The molecule has 6 nitrogen and oxygen atoms in total. The minimum Gasteiger partial charge on any atom is -0.497 e. The van der Waals surface area contributed by atoms with Gasteiger partial charge in [-0.3, -0.25) is 4.79 Å². The van der Waals surface area contributed by atoms with Gasteiger partial charge in [-0.1, -0.05) is 49.4 Å². The van der Waals surface area contributed by atoms with Gasteiger partial charge in [0.25, 0.3) is 5.91 Å². The summed E-state index contributed by atoms with van der Waals surface area (Å²) < 4.78 is 46.7. The number of alkyl halides is 3. The van der Waals surface area contributed by atoms with Crippen LogP contribution in [-0.2, 0) is 11.3 Å². The number of carbonyl (C=O) groups is 1. The number of halogens is 3. The van der Waals surface area contributed by atoms with Crippen LogP contribution in [0.4, 0.5) is 24.5 Å². The summed E-state index contributed by atoms with van der Waals surface area (Å²) in [7, 11) is 1.62. The van der Waals surface area contributed by atoms with E-state index in [0.717, 1.165) is 41.1 Å². The average molecular weight is 579 g/mol. The smallest absolute Gasteiger partial charge is 0.416 e. The third-order valence-electron chi connectivity index (χ3n) is 6.97. The van der Waals surface area contributed by atoms with Crippen molar-refractivity contribution in [2.24, 2.45) is 11.7 Å². The summed E-state index contributed by atoms with van der Waals surface area (Å²) in [5.74, 6) is 0.688. The topological polar surface area (TPSA) is 88.4 Å². The Morgan fingerprint density at radius 2 is 1.69 bits per heavy atom. The van der Waals surface area contributed by atoms with Gasteiger partial charge in [0.05, 0.1) is 18.7 Å². The molecule has 0 radical (unpaired) electrons. The van der Waals surface area contributed by atoms with Crippen LogP contribution in [0.5, 0.6) is 5.75 Å². The van der Waals surface area contributed by atoms with Crippen molar-refractivity contribution in [3.63, 3.8) is 0 Å². The molecule has 1 unspecified atom stereocenters. The summed E-state index contributed by atoms with van der Waals surface area (Å²) in [4.78, 5) is 13.5. The van der Waals surface area contributed by atoms with E-state index in [1.54, 1.807) is 44.4 Å². The molecule has 1 fully saturated rings. The van der Waals surface area contributed by atoms with E-state index in [1.165, 1.54) is 12.8 Å². The maximum atomic E-state index is 13.8. The first-order valence-electron chi connectivity index (χ1n) is 14.0. The van der Waals surface area contributed by atoms with Gasteiger partial charge < -0.3 is 26.4 Å². The summed E-state index contributed by atoms with van der Waals surface area (Å²) in [5.41, 5.74) is 8.21. The minimum absolute atomic E-state index is 0.148. The van der Waals surface area contributed by atoms with Crippen molar-refractivity contribution in [1.29, 1.82) is 0 Å². The van der Waals surface area contributed by atoms with Crippen molar-refractivity contribution in [2.45, 2.75) is 44.9 Å². The lowest BCUT2D eigenvalue weighted by Crippen LogP contribution is -2.25. The number of hydrogen-bond donors (Lipinski definition) is 4. The third-order valence-corrected chi connectivity index (χ3v) is 6.97. The molecule has 0 heterocycles. The highest BCUT2D eigenvalue weighted by Crippen LogP contribution is 2.32. The summed E-state index contributed by atoms with van der Waals surface area (Å²) >= 11 is 0. The number of hydrogen-bond acceptors (Lipinski definition) is 5. The molecule has 0 saturated heterocycles. The van der Waals surface area contributed by atoms with Crippen LogP contribution in [0.15, 0.2) is 96.2 Å². The molecule has 1 aliphatic rings. The highest BCUT2D eigenvalue weighted by Gasteiger charge is 2.33. The zero-order valence-corrected chi connectivity index (χ0v) is 23.8. The van der Waals surface area contributed by atoms with Crippen molar-refractivity contribution >= 4 is 17.3 Å². The number of anilines is 2. The Morgan fingerprint density at radius 1 is 1.00 bits per heavy atom. The van der Waals surface area contributed by atoms with E-state index in [9.17, 15) is 18.0 Å². The number of carbonyl (C=O) groups excluding carboxylic acids is 1. The fraction of sp³-hybridized carbons (Fsp3) is 0.303. The number of amides is 1. The molecule has 0 aliphatic heterocycles. The molecule has 0 spiro atoms. The molecule has 3 aromatic rings. The molecule has 222 valence electrons. The van der Waals surface area contributed by atoms with Gasteiger partial charge in [0, 0.05) is 17.9 Å². The van der Waals surface area contributed by atoms with E-state index in [0.29, 0.717) is 17.3 Å². The first-order chi connectivity index (χ1) is 20.2. The fourth-order valence-corrected chi connectivity index (χ4v) is 4.55. The van der Waals surface area contributed by atoms with Gasteiger partial charge in [-0.15, -0.1) is 0 Å². The van der Waals surface area contributed by atoms with E-state index >= 15 is 0 Å². The second kappa shape index (κ2) is 14.2. The standard InChI is InChI=1S/C33H37F3N4O2/c1-3-6-26(33(34,35)36)19-30(39-27-9-4-7-23(17-27)20-37)32(41)40-28-10-5-8-25(18-28)31(38-21-22-11-12-22)24-13-15-29(42-2)16-14-24/h4-10,13-19,22,31,38-39H,3,11-12,20-21,37H2,1-2H3,(H,40,41)/b26-6-,30-19-. The van der Waals surface area contributed by atoms with Crippen molar-refractivity contribution in [3.8, 4) is 5.75 Å². The number of nitrogens with two attached hydrogens (primary N) is 1. The summed E-state index contributed by atoms with van der Waals surface area (Å²) in [6.45, 7) is 2.72. The lowest BCUT2D eigenvalue weighted by molar-refractivity contribution is -0.112. The van der Waals surface area contributed by atoms with E-state index in [-0.39, 0.29) is 24.7 Å². The molecule has 0 aromatic heterocycles. The fourth-order valence-electron chi connectivity index (χ4n) is 4.55. The highest BCUT2D eigenvalue weighted by molar-refractivity contribution is 6.06. The van der Waals surface area contributed by atoms with Gasteiger partial charge in [-0.05, 0) is 90.9 Å². The second-order valence-corrected chi connectivity index (χ2v) is 10.3. The Labute approximate surface area is 244 Å². The van der Waals surface area contributed by atoms with Crippen molar-refractivity contribution in [2.75, 3.05) is 24.3 Å². The van der Waals surface area contributed by atoms with Crippen molar-refractivity contribution < 1.29 is 22.7 Å². The monoisotopic (exact) mass is 578 g/mol. The first-order valence-corrected chi connectivity index (χ1v) is 14.0. The number of methoxy groups -OCH3 is 1. The summed E-state index contributed by atoms with van der Waals surface area (Å²) in [6.07, 6.45) is -0.180. The first kappa shape index (κ1) is 30.9. The van der Waals surface area contributed by atoms with Crippen LogP contribution in [0.3, 0.4) is 0 Å². The Bertz CT molecular complexity index is 1410. The Balaban J connectivity index is 1.63. The van der Waals surface area contributed by atoms with Crippen LogP contribution in [-0.4, -0.2) is 25.7 Å². The van der Waals surface area contributed by atoms with Crippen molar-refractivity contribution in [3.05, 3.63) is 113 Å². The lowest BCUT2D eigenvalue weighted by Gasteiger charge is -2.21. The molecule has 1 amide bonds. The zero-order valence-electron chi connectivity index (χ0n) is 23.8. The normalized spacial score (nSPS) is 14.8. The van der Waals surface area contributed by atoms with Gasteiger partial charge in [0.1, 0.15) is 11.4 Å². The maximum absolute atomic E-state index is 13.8. The van der Waals surface area contributed by atoms with E-state index in [1.807, 2.05) is 42.5 Å². The third kappa shape index (κ3) is 8.71. The zero-order chi connectivity index (χ0) is 30.1. The molecule has 0 bridgehead atoms. The van der Waals surface area contributed by atoms with Crippen LogP contribution >= 0.6 is 0 Å². The molecule has 1 aliphatic carbocycles. The van der Waals surface area contributed by atoms with Crippen LogP contribution in [0.1, 0.15) is 48.9 Å². The van der Waals surface area contributed by atoms with Gasteiger partial charge >= 0.3 is 6.18 Å². The van der Waals surface area contributed by atoms with Crippen LogP contribution in [0, 0.1) is 5.92 Å². The lowest BCUT2D eigenvalue weighted by atomic mass is 9.97. The van der Waals surface area contributed by atoms with Gasteiger partial charge in [0.15, 0.2) is 0 Å². The van der Waals surface area contributed by atoms with E-state index < -0.39 is 17.7 Å². The molecule has 4 rings (SSSR count). The van der Waals surface area contributed by atoms with Crippen LogP contribution < -0.4 is 26.4 Å². The maximum Gasteiger partial charge on any atom is 0.416 e. The second-order valence-electron chi connectivity index (χ2n) is 10.3. The number of allylic oxidation sites excluding steroid dienone is 3. The quantitative estimate of drug-likeness (QED) is 0.129. The van der Waals surface area contributed by atoms with Gasteiger partial charge in [-0.25, -0.2) is 0 Å². The SMILES string of the molecule is CC/C=C(/C=C(\Nc1cccc(CN)c1)C(=O)Nc1cccc(C(NCC2CC2)c2ccc(OC)cc2)c1)C(F)(F)F. The highest BCUT2D eigenvalue weighted by atomic mass is 19.4. The molecule has 3 aromatic carbocycles. The van der Waals surface area contributed by atoms with Crippen LogP contribution in [0.2, 0.25) is 0 Å². The molecular weight excluding hydrogens is 541 g/mol. The van der Waals surface area contributed by atoms with E-state index in [2.05, 4.69) is 16.0 Å². The van der Waals surface area contributed by atoms with Crippen LogP contribution in [0.25, 0.3) is 0 Å². The Kier molecular flexibility index (Phi) is 10.4. The van der Waals surface area contributed by atoms with E-state index in [4.69, 9.17) is 10.5 Å². The molecule has 1 atom stereocenters. The predicted molar refractivity (Wildman–Crippen MR) is 161 cm³/mol. The molecule has 5 N–H and O–H groups in total. The molecular formula is C33H37F3N4O2. The number of benzene rings is 3. The molecule has 1 saturated carbocycles. The number of nitrogens with one attached hydrogen (secondary N) is 3. The average Bonchev–Trinajstić information content (AvgIpc) is 3.81. The molecule has 42 heavy (non-hydrogen) atoms. The largest absolute Gasteiger partial charge is 0.497 e. The number of ether oxygens (including phenoxy) is 1. The minimum atomic E-state index is -4.62.